The fraction of sp³-hybridized carbons (Fsp3) is 0.571. The van der Waals surface area contributed by atoms with Gasteiger partial charge in [0.25, 0.3) is 0 Å². The summed E-state index contributed by atoms with van der Waals surface area (Å²) in [6, 6.07) is 8.52. The molecule has 0 amide bonds. The molecule has 4 heteroatoms. The molecule has 1 aromatic carbocycles. The van der Waals surface area contributed by atoms with Gasteiger partial charge in [0.05, 0.1) is 0 Å². The molecule has 0 aliphatic carbocycles. The van der Waals surface area contributed by atoms with Crippen molar-refractivity contribution in [3.63, 3.8) is 0 Å². The molecule has 102 valence electrons. The molecule has 0 aliphatic heterocycles. The van der Waals surface area contributed by atoms with Crippen molar-refractivity contribution in [3.8, 4) is 0 Å². The van der Waals surface area contributed by atoms with Gasteiger partial charge in [0.15, 0.2) is 0 Å². The van der Waals surface area contributed by atoms with Gasteiger partial charge in [-0.25, -0.2) is 0 Å². The quantitative estimate of drug-likeness (QED) is 0.800. The van der Waals surface area contributed by atoms with Gasteiger partial charge in [-0.2, -0.15) is 0 Å². The van der Waals surface area contributed by atoms with Gasteiger partial charge >= 0.3 is 0 Å². The van der Waals surface area contributed by atoms with Crippen LogP contribution < -0.4 is 5.73 Å². The van der Waals surface area contributed by atoms with E-state index in [4.69, 9.17) is 10.8 Å². The highest BCUT2D eigenvalue weighted by atomic mass is 79.9. The third kappa shape index (κ3) is 4.92. The van der Waals surface area contributed by atoms with Gasteiger partial charge in [-0.15, -0.1) is 11.8 Å². The molecule has 18 heavy (non-hydrogen) atoms. The van der Waals surface area contributed by atoms with Crippen molar-refractivity contribution in [1.29, 1.82) is 0 Å². The summed E-state index contributed by atoms with van der Waals surface area (Å²) in [4.78, 5) is 0. The lowest BCUT2D eigenvalue weighted by Crippen LogP contribution is -2.27. The Bertz CT molecular complexity index is 344. The molecule has 3 N–H and O–H groups in total. The standard InChI is InChI=1S/C14H22BrNOS/c1-3-13(16)14(18-10(2)8-9-17)11-4-6-12(15)7-5-11/h4-7,10,13-14,17H,3,8-9,16H2,1-2H3. The summed E-state index contributed by atoms with van der Waals surface area (Å²) in [6.07, 6.45) is 1.77. The second-order valence-electron chi connectivity index (χ2n) is 4.50. The maximum atomic E-state index is 9.00. The van der Waals surface area contributed by atoms with Crippen LogP contribution in [-0.4, -0.2) is 23.0 Å². The van der Waals surface area contributed by atoms with Crippen LogP contribution in [0.4, 0.5) is 0 Å². The number of aliphatic hydroxyl groups is 1. The third-order valence-electron chi connectivity index (χ3n) is 2.97. The SMILES string of the molecule is CCC(N)C(SC(C)CCO)c1ccc(Br)cc1. The molecule has 0 saturated carbocycles. The summed E-state index contributed by atoms with van der Waals surface area (Å²) in [5.41, 5.74) is 7.50. The summed E-state index contributed by atoms with van der Waals surface area (Å²) in [6.45, 7) is 4.51. The van der Waals surface area contributed by atoms with E-state index in [0.29, 0.717) is 10.5 Å². The lowest BCUT2D eigenvalue weighted by Gasteiger charge is -2.26. The van der Waals surface area contributed by atoms with E-state index in [0.717, 1.165) is 17.3 Å². The topological polar surface area (TPSA) is 46.2 Å². The lowest BCUT2D eigenvalue weighted by molar-refractivity contribution is 0.288. The van der Waals surface area contributed by atoms with Gasteiger partial charge in [-0.05, 0) is 30.5 Å². The minimum atomic E-state index is 0.150. The number of rotatable bonds is 7. The largest absolute Gasteiger partial charge is 0.396 e. The summed E-state index contributed by atoms with van der Waals surface area (Å²) in [7, 11) is 0. The Morgan fingerprint density at radius 1 is 1.33 bits per heavy atom. The first-order chi connectivity index (χ1) is 8.58. The van der Waals surface area contributed by atoms with E-state index in [1.54, 1.807) is 0 Å². The Balaban J connectivity index is 2.80. The Labute approximate surface area is 122 Å². The summed E-state index contributed by atoms with van der Waals surface area (Å²) < 4.78 is 1.09. The van der Waals surface area contributed by atoms with Crippen LogP contribution in [0.3, 0.4) is 0 Å². The number of nitrogens with two attached hydrogens (primary N) is 1. The predicted octanol–water partition coefficient (Wildman–Crippen LogP) is 3.73. The van der Waals surface area contributed by atoms with E-state index >= 15 is 0 Å². The van der Waals surface area contributed by atoms with Gasteiger partial charge in [-0.3, -0.25) is 0 Å². The predicted molar refractivity (Wildman–Crippen MR) is 83.9 cm³/mol. The maximum absolute atomic E-state index is 9.00. The molecule has 0 radical (unpaired) electrons. The van der Waals surface area contributed by atoms with E-state index in [2.05, 4.69) is 54.0 Å². The number of halogens is 1. The molecule has 2 nitrogen and oxygen atoms in total. The Hall–Kier alpha value is -0.0300. The smallest absolute Gasteiger partial charge is 0.0450 e. The van der Waals surface area contributed by atoms with Crippen molar-refractivity contribution >= 4 is 27.7 Å². The second kappa shape index (κ2) is 8.20. The molecule has 1 rings (SSSR count). The first-order valence-corrected chi connectivity index (χ1v) is 8.09. The van der Waals surface area contributed by atoms with Crippen molar-refractivity contribution < 1.29 is 5.11 Å². The monoisotopic (exact) mass is 331 g/mol. The average molecular weight is 332 g/mol. The normalized spacial score (nSPS) is 16.3. The number of hydrogen-bond donors (Lipinski definition) is 2. The van der Waals surface area contributed by atoms with Crippen LogP contribution in [0.2, 0.25) is 0 Å². The van der Waals surface area contributed by atoms with Gasteiger partial charge < -0.3 is 10.8 Å². The van der Waals surface area contributed by atoms with Crippen LogP contribution in [0.5, 0.6) is 0 Å². The highest BCUT2D eigenvalue weighted by Gasteiger charge is 2.21. The van der Waals surface area contributed by atoms with Crippen LogP contribution in [0.1, 0.15) is 37.5 Å². The van der Waals surface area contributed by atoms with Crippen LogP contribution in [0, 0.1) is 0 Å². The molecule has 3 unspecified atom stereocenters. The van der Waals surface area contributed by atoms with E-state index in [-0.39, 0.29) is 12.6 Å². The molecular weight excluding hydrogens is 310 g/mol. The van der Waals surface area contributed by atoms with Gasteiger partial charge in [0.1, 0.15) is 0 Å². The maximum Gasteiger partial charge on any atom is 0.0450 e. The van der Waals surface area contributed by atoms with Crippen molar-refractivity contribution in [3.05, 3.63) is 34.3 Å². The number of benzene rings is 1. The molecule has 0 spiro atoms. The minimum Gasteiger partial charge on any atom is -0.396 e. The molecule has 0 aliphatic rings. The fourth-order valence-electron chi connectivity index (χ4n) is 1.79. The molecule has 3 atom stereocenters. The van der Waals surface area contributed by atoms with Gasteiger partial charge in [0, 0.05) is 27.6 Å². The van der Waals surface area contributed by atoms with Crippen molar-refractivity contribution in [2.45, 2.75) is 43.2 Å². The highest BCUT2D eigenvalue weighted by molar-refractivity contribution is 9.10. The van der Waals surface area contributed by atoms with Crippen LogP contribution in [0.25, 0.3) is 0 Å². The molecule has 0 heterocycles. The fourth-order valence-corrected chi connectivity index (χ4v) is 3.51. The molecule has 0 aromatic heterocycles. The first-order valence-electron chi connectivity index (χ1n) is 6.35. The number of thioether (sulfide) groups is 1. The zero-order valence-corrected chi connectivity index (χ0v) is 13.4. The summed E-state index contributed by atoms with van der Waals surface area (Å²) >= 11 is 5.31. The Morgan fingerprint density at radius 3 is 2.44 bits per heavy atom. The minimum absolute atomic E-state index is 0.150. The lowest BCUT2D eigenvalue weighted by atomic mass is 10.0. The molecule has 0 fully saturated rings. The van der Waals surface area contributed by atoms with Crippen LogP contribution in [0.15, 0.2) is 28.7 Å². The van der Waals surface area contributed by atoms with E-state index in [1.165, 1.54) is 5.56 Å². The zero-order valence-electron chi connectivity index (χ0n) is 11.0. The Morgan fingerprint density at radius 2 is 1.94 bits per heavy atom. The molecule has 0 saturated heterocycles. The van der Waals surface area contributed by atoms with Gasteiger partial charge in [-0.1, -0.05) is 41.9 Å². The molecule has 0 bridgehead atoms. The van der Waals surface area contributed by atoms with E-state index in [1.807, 2.05) is 11.8 Å². The number of aliphatic hydroxyl groups excluding tert-OH is 1. The van der Waals surface area contributed by atoms with Crippen LogP contribution >= 0.6 is 27.7 Å². The van der Waals surface area contributed by atoms with Crippen LogP contribution in [-0.2, 0) is 0 Å². The van der Waals surface area contributed by atoms with E-state index in [9.17, 15) is 0 Å². The third-order valence-corrected chi connectivity index (χ3v) is 5.12. The van der Waals surface area contributed by atoms with Crippen molar-refractivity contribution in [2.75, 3.05) is 6.61 Å². The summed E-state index contributed by atoms with van der Waals surface area (Å²) in [5.74, 6) is 0. The Kier molecular flexibility index (Phi) is 7.30. The van der Waals surface area contributed by atoms with E-state index < -0.39 is 0 Å². The molecular formula is C14H22BrNOS. The molecule has 1 aromatic rings. The average Bonchev–Trinajstić information content (AvgIpc) is 2.36. The van der Waals surface area contributed by atoms with Crippen molar-refractivity contribution in [2.24, 2.45) is 5.73 Å². The van der Waals surface area contributed by atoms with Gasteiger partial charge in [0.2, 0.25) is 0 Å². The zero-order chi connectivity index (χ0) is 13.5. The second-order valence-corrected chi connectivity index (χ2v) is 7.00. The first kappa shape index (κ1) is 16.0. The number of hydrogen-bond acceptors (Lipinski definition) is 3. The summed E-state index contributed by atoms with van der Waals surface area (Å²) in [5, 5.41) is 9.72. The van der Waals surface area contributed by atoms with Crippen molar-refractivity contribution in [1.82, 2.24) is 0 Å². The highest BCUT2D eigenvalue weighted by Crippen LogP contribution is 2.36.